The molecule has 20 heavy (non-hydrogen) atoms. The van der Waals surface area contributed by atoms with Crippen LogP contribution >= 0.6 is 0 Å². The van der Waals surface area contributed by atoms with Crippen LogP contribution in [-0.4, -0.2) is 33.3 Å². The smallest absolute Gasteiger partial charge is 0.0960 e. The number of nitrogens with zero attached hydrogens (tertiary/aromatic N) is 2. The van der Waals surface area contributed by atoms with Crippen molar-refractivity contribution in [3.05, 3.63) is 30.6 Å². The topological polar surface area (TPSA) is 50.1 Å². The molecule has 1 fully saturated rings. The molecule has 2 aromatic rings. The summed E-state index contributed by atoms with van der Waals surface area (Å²) in [5, 5.41) is 13.3. The molecule has 1 aliphatic carbocycles. The van der Waals surface area contributed by atoms with Gasteiger partial charge in [-0.3, -0.25) is 0 Å². The molecule has 0 aliphatic heterocycles. The van der Waals surface area contributed by atoms with E-state index in [4.69, 9.17) is 0 Å². The van der Waals surface area contributed by atoms with Crippen LogP contribution in [-0.2, 0) is 0 Å². The maximum atomic E-state index is 9.78. The molecule has 2 atom stereocenters. The lowest BCUT2D eigenvalue weighted by molar-refractivity contribution is 0.161. The van der Waals surface area contributed by atoms with Gasteiger partial charge in [0.15, 0.2) is 0 Å². The number of para-hydroxylation sites is 2. The third-order valence-corrected chi connectivity index (χ3v) is 4.51. The number of rotatable bonds is 5. The number of aliphatic hydroxyl groups is 1. The number of hydrogen-bond acceptors (Lipinski definition) is 3. The van der Waals surface area contributed by atoms with Gasteiger partial charge in [-0.1, -0.05) is 19.1 Å². The number of hydrogen-bond donors (Lipinski definition) is 2. The molecule has 1 saturated carbocycles. The molecule has 0 bridgehead atoms. The third-order valence-electron chi connectivity index (χ3n) is 4.51. The van der Waals surface area contributed by atoms with E-state index in [0.717, 1.165) is 37.7 Å². The summed E-state index contributed by atoms with van der Waals surface area (Å²) in [6, 6.07) is 8.69. The second-order valence-electron chi connectivity index (χ2n) is 5.90. The zero-order valence-corrected chi connectivity index (χ0v) is 12.0. The van der Waals surface area contributed by atoms with Gasteiger partial charge in [0.1, 0.15) is 0 Å². The first kappa shape index (κ1) is 13.6. The molecular formula is C16H23N3O. The summed E-state index contributed by atoms with van der Waals surface area (Å²) in [4.78, 5) is 4.48. The molecule has 1 aromatic carbocycles. The minimum atomic E-state index is -0.105. The largest absolute Gasteiger partial charge is 0.394 e. The minimum absolute atomic E-state index is 0.105. The first-order valence-electron chi connectivity index (χ1n) is 7.55. The summed E-state index contributed by atoms with van der Waals surface area (Å²) in [7, 11) is 0. The van der Waals surface area contributed by atoms with Gasteiger partial charge in [0.25, 0.3) is 0 Å². The maximum Gasteiger partial charge on any atom is 0.0960 e. The van der Waals surface area contributed by atoms with Crippen LogP contribution in [0.4, 0.5) is 0 Å². The second kappa shape index (κ2) is 5.54. The number of fused-ring (bicyclic) bond motifs is 1. The van der Waals surface area contributed by atoms with Crippen LogP contribution in [0.5, 0.6) is 0 Å². The van der Waals surface area contributed by atoms with Gasteiger partial charge in [-0.15, -0.1) is 0 Å². The molecule has 2 unspecified atom stereocenters. The Balaban J connectivity index is 1.82. The molecule has 3 rings (SSSR count). The highest BCUT2D eigenvalue weighted by Gasteiger charge is 2.39. The number of aliphatic hydroxyl groups excluding tert-OH is 1. The van der Waals surface area contributed by atoms with Crippen LogP contribution in [0.3, 0.4) is 0 Å². The number of benzene rings is 1. The predicted molar refractivity (Wildman–Crippen MR) is 80.7 cm³/mol. The first-order chi connectivity index (χ1) is 9.78. The highest BCUT2D eigenvalue weighted by Crippen LogP contribution is 2.38. The van der Waals surface area contributed by atoms with E-state index < -0.39 is 0 Å². The molecule has 4 nitrogen and oxygen atoms in total. The summed E-state index contributed by atoms with van der Waals surface area (Å²) >= 11 is 0. The molecule has 1 aliphatic rings. The Morgan fingerprint density at radius 2 is 2.30 bits per heavy atom. The van der Waals surface area contributed by atoms with Gasteiger partial charge in [-0.05, 0) is 44.4 Å². The predicted octanol–water partition coefficient (Wildman–Crippen LogP) is 2.49. The number of aromatic nitrogens is 2. The maximum absolute atomic E-state index is 9.78. The van der Waals surface area contributed by atoms with Crippen molar-refractivity contribution in [1.29, 1.82) is 0 Å². The van der Waals surface area contributed by atoms with E-state index in [1.54, 1.807) is 0 Å². The summed E-state index contributed by atoms with van der Waals surface area (Å²) in [6.45, 7) is 3.35. The summed E-state index contributed by atoms with van der Waals surface area (Å²) in [5.41, 5.74) is 2.14. The molecule has 0 saturated heterocycles. The van der Waals surface area contributed by atoms with Gasteiger partial charge in [0, 0.05) is 11.6 Å². The molecule has 1 heterocycles. The zero-order chi connectivity index (χ0) is 14.0. The van der Waals surface area contributed by atoms with Crippen LogP contribution in [0.1, 0.15) is 38.6 Å². The van der Waals surface area contributed by atoms with Crippen molar-refractivity contribution in [3.8, 4) is 0 Å². The Bertz CT molecular complexity index is 580. The summed E-state index contributed by atoms with van der Waals surface area (Å²) < 4.78 is 2.28. The minimum Gasteiger partial charge on any atom is -0.394 e. The average Bonchev–Trinajstić information content (AvgIpc) is 3.09. The fourth-order valence-electron chi connectivity index (χ4n) is 3.35. The molecular weight excluding hydrogens is 250 g/mol. The van der Waals surface area contributed by atoms with Gasteiger partial charge in [0.05, 0.1) is 24.0 Å². The Morgan fingerprint density at radius 1 is 1.45 bits per heavy atom. The SMILES string of the molecule is CCCNC1(CO)CCC(n2cnc3ccccc32)C1. The Morgan fingerprint density at radius 3 is 3.10 bits per heavy atom. The van der Waals surface area contributed by atoms with E-state index in [0.29, 0.717) is 6.04 Å². The molecule has 4 heteroatoms. The van der Waals surface area contributed by atoms with Crippen molar-refractivity contribution in [2.75, 3.05) is 13.2 Å². The van der Waals surface area contributed by atoms with Crippen LogP contribution in [0.2, 0.25) is 0 Å². The lowest BCUT2D eigenvalue weighted by atomic mass is 9.98. The molecule has 1 aromatic heterocycles. The third kappa shape index (κ3) is 2.34. The van der Waals surface area contributed by atoms with Gasteiger partial charge in [-0.2, -0.15) is 0 Å². The van der Waals surface area contributed by atoms with Crippen LogP contribution in [0, 0.1) is 0 Å². The standard InChI is InChI=1S/C16H23N3O/c1-2-9-18-16(11-20)8-7-13(10-16)19-12-17-14-5-3-4-6-15(14)19/h3-6,12-13,18,20H,2,7-11H2,1H3. The van der Waals surface area contributed by atoms with Crippen molar-refractivity contribution in [2.45, 2.75) is 44.2 Å². The molecule has 2 N–H and O–H groups in total. The van der Waals surface area contributed by atoms with Crippen LogP contribution in [0.25, 0.3) is 11.0 Å². The quantitative estimate of drug-likeness (QED) is 0.880. The van der Waals surface area contributed by atoms with Gasteiger partial charge in [-0.25, -0.2) is 4.98 Å². The van der Waals surface area contributed by atoms with Crippen molar-refractivity contribution in [2.24, 2.45) is 0 Å². The highest BCUT2D eigenvalue weighted by molar-refractivity contribution is 5.75. The van der Waals surface area contributed by atoms with E-state index in [-0.39, 0.29) is 12.1 Å². The van der Waals surface area contributed by atoms with Crippen LogP contribution < -0.4 is 5.32 Å². The van der Waals surface area contributed by atoms with Crippen molar-refractivity contribution in [3.63, 3.8) is 0 Å². The van der Waals surface area contributed by atoms with E-state index >= 15 is 0 Å². The van der Waals surface area contributed by atoms with Crippen molar-refractivity contribution in [1.82, 2.24) is 14.9 Å². The highest BCUT2D eigenvalue weighted by atomic mass is 16.3. The lowest BCUT2D eigenvalue weighted by Crippen LogP contribution is -2.46. The molecule has 0 spiro atoms. The number of nitrogens with one attached hydrogen (secondary N) is 1. The van der Waals surface area contributed by atoms with Crippen molar-refractivity contribution < 1.29 is 5.11 Å². The fourth-order valence-corrected chi connectivity index (χ4v) is 3.35. The monoisotopic (exact) mass is 273 g/mol. The average molecular weight is 273 g/mol. The van der Waals surface area contributed by atoms with E-state index in [9.17, 15) is 5.11 Å². The molecule has 0 amide bonds. The Labute approximate surface area is 119 Å². The van der Waals surface area contributed by atoms with Gasteiger partial charge in [0.2, 0.25) is 0 Å². The summed E-state index contributed by atoms with van der Waals surface area (Å²) in [5.74, 6) is 0. The zero-order valence-electron chi connectivity index (χ0n) is 12.0. The second-order valence-corrected chi connectivity index (χ2v) is 5.90. The normalized spacial score (nSPS) is 26.4. The lowest BCUT2D eigenvalue weighted by Gasteiger charge is -2.28. The van der Waals surface area contributed by atoms with Crippen LogP contribution in [0.15, 0.2) is 30.6 Å². The van der Waals surface area contributed by atoms with Gasteiger partial charge < -0.3 is 15.0 Å². The molecule has 0 radical (unpaired) electrons. The first-order valence-corrected chi connectivity index (χ1v) is 7.55. The van der Waals surface area contributed by atoms with Gasteiger partial charge >= 0.3 is 0 Å². The van der Waals surface area contributed by atoms with E-state index in [2.05, 4.69) is 40.0 Å². The van der Waals surface area contributed by atoms with E-state index in [1.165, 1.54) is 5.52 Å². The Hall–Kier alpha value is -1.39. The van der Waals surface area contributed by atoms with E-state index in [1.807, 2.05) is 12.4 Å². The summed E-state index contributed by atoms with van der Waals surface area (Å²) in [6.07, 6.45) is 6.14. The Kier molecular flexibility index (Phi) is 3.76. The van der Waals surface area contributed by atoms with Crippen molar-refractivity contribution >= 4 is 11.0 Å². The fraction of sp³-hybridized carbons (Fsp3) is 0.562. The number of imidazole rings is 1. The molecule has 108 valence electrons.